The normalized spacial score (nSPS) is 15.7. The summed E-state index contributed by atoms with van der Waals surface area (Å²) in [6, 6.07) is 10.4. The van der Waals surface area contributed by atoms with Gasteiger partial charge in [0.15, 0.2) is 5.76 Å². The highest BCUT2D eigenvalue weighted by Gasteiger charge is 2.33. The Labute approximate surface area is 311 Å². The number of hydrogen-bond acceptors (Lipinski definition) is 13. The second kappa shape index (κ2) is 14.5. The van der Waals surface area contributed by atoms with Gasteiger partial charge in [0.25, 0.3) is 0 Å². The first-order valence-corrected chi connectivity index (χ1v) is 18.9. The average Bonchev–Trinajstić information content (AvgIpc) is 3.94. The quantitative estimate of drug-likeness (QED) is 0.169. The van der Waals surface area contributed by atoms with Crippen molar-refractivity contribution < 1.29 is 14.1 Å². The number of carbonyl (C=O) groups is 1. The van der Waals surface area contributed by atoms with Gasteiger partial charge >= 0.3 is 6.01 Å². The van der Waals surface area contributed by atoms with Crippen LogP contribution in [0, 0.1) is 26.7 Å². The first-order chi connectivity index (χ1) is 25.7. The molecule has 0 spiro atoms. The lowest BCUT2D eigenvalue weighted by Crippen LogP contribution is -2.45. The molecule has 6 aromatic rings. The minimum absolute atomic E-state index is 0.0476. The number of ether oxygens (including phenoxy) is 1. The van der Waals surface area contributed by atoms with E-state index in [9.17, 15) is 4.79 Å². The van der Waals surface area contributed by atoms with Crippen molar-refractivity contribution in [2.75, 3.05) is 50.1 Å². The summed E-state index contributed by atoms with van der Waals surface area (Å²) in [6.45, 7) is 9.88. The number of aromatic nitrogens is 8. The molecular weight excluding hydrogens is 691 g/mol. The Bertz CT molecular complexity index is 2250. The molecule has 0 bridgehead atoms. The maximum Gasteiger partial charge on any atom is 0.318 e. The molecule has 7 heterocycles. The molecule has 1 aromatic carbocycles. The zero-order valence-corrected chi connectivity index (χ0v) is 31.5. The van der Waals surface area contributed by atoms with Crippen LogP contribution in [0.25, 0.3) is 21.5 Å². The number of amides is 1. The zero-order valence-electron chi connectivity index (χ0n) is 30.7. The predicted octanol–water partition coefficient (Wildman–Crippen LogP) is 6.10. The van der Waals surface area contributed by atoms with E-state index in [0.717, 1.165) is 108 Å². The summed E-state index contributed by atoms with van der Waals surface area (Å²) in [5.74, 6) is 3.02. The van der Waals surface area contributed by atoms with Crippen molar-refractivity contribution in [3.8, 4) is 17.3 Å². The Kier molecular flexibility index (Phi) is 9.49. The van der Waals surface area contributed by atoms with Crippen LogP contribution in [0.5, 0.6) is 6.01 Å². The van der Waals surface area contributed by atoms with Crippen molar-refractivity contribution >= 4 is 44.8 Å². The van der Waals surface area contributed by atoms with E-state index in [1.807, 2.05) is 36.3 Å². The third-order valence-electron chi connectivity index (χ3n) is 10.8. The molecule has 8 rings (SSSR count). The van der Waals surface area contributed by atoms with Gasteiger partial charge in [-0.2, -0.15) is 4.98 Å². The van der Waals surface area contributed by atoms with Crippen LogP contribution < -0.4 is 14.5 Å². The summed E-state index contributed by atoms with van der Waals surface area (Å²) < 4.78 is 12.7. The Morgan fingerprint density at radius 2 is 1.83 bits per heavy atom. The van der Waals surface area contributed by atoms with Gasteiger partial charge in [0.1, 0.15) is 35.0 Å². The molecule has 5 aromatic heterocycles. The molecule has 15 heteroatoms. The van der Waals surface area contributed by atoms with E-state index in [4.69, 9.17) is 9.26 Å². The molecule has 0 N–H and O–H groups in total. The SMILES string of the molecule is COc1nccc(N(C)c2ccc(C)c(-c3cn(Cc4cc(C5CCN(C(=O)C6CCN(c7ncnc8sc(C)c(C)c78)CC6)CC5)no4)nn3)c2)n1. The molecule has 2 aliphatic rings. The molecule has 2 saturated heterocycles. The lowest BCUT2D eigenvalue weighted by Gasteiger charge is -2.37. The Balaban J connectivity index is 0.850. The van der Waals surface area contributed by atoms with E-state index in [-0.39, 0.29) is 17.7 Å². The second-order valence-electron chi connectivity index (χ2n) is 14.0. The van der Waals surface area contributed by atoms with Gasteiger partial charge in [0, 0.05) is 73.5 Å². The van der Waals surface area contributed by atoms with Crippen LogP contribution in [-0.4, -0.2) is 91.2 Å². The molecule has 2 aliphatic heterocycles. The molecule has 274 valence electrons. The van der Waals surface area contributed by atoms with Gasteiger partial charge in [0.05, 0.1) is 24.4 Å². The fourth-order valence-corrected chi connectivity index (χ4v) is 8.49. The Morgan fingerprint density at radius 3 is 2.62 bits per heavy atom. The first-order valence-electron chi connectivity index (χ1n) is 18.1. The van der Waals surface area contributed by atoms with Crippen LogP contribution >= 0.6 is 11.3 Å². The van der Waals surface area contributed by atoms with E-state index in [0.29, 0.717) is 12.6 Å². The molecule has 0 atom stereocenters. The fraction of sp³-hybridized carbons (Fsp3) is 0.421. The lowest BCUT2D eigenvalue weighted by atomic mass is 9.90. The van der Waals surface area contributed by atoms with Crippen LogP contribution in [-0.2, 0) is 11.3 Å². The van der Waals surface area contributed by atoms with Crippen molar-refractivity contribution in [3.63, 3.8) is 0 Å². The van der Waals surface area contributed by atoms with Crippen LogP contribution in [0.15, 0.2) is 53.6 Å². The van der Waals surface area contributed by atoms with E-state index in [1.165, 1.54) is 10.4 Å². The van der Waals surface area contributed by atoms with Gasteiger partial charge in [0.2, 0.25) is 5.91 Å². The van der Waals surface area contributed by atoms with Crippen molar-refractivity contribution in [2.24, 2.45) is 5.92 Å². The highest BCUT2D eigenvalue weighted by atomic mass is 32.1. The lowest BCUT2D eigenvalue weighted by molar-refractivity contribution is -0.137. The minimum atomic E-state index is 0.0476. The van der Waals surface area contributed by atoms with Crippen molar-refractivity contribution in [1.29, 1.82) is 0 Å². The van der Waals surface area contributed by atoms with Crippen LogP contribution in [0.2, 0.25) is 0 Å². The number of thiophene rings is 1. The minimum Gasteiger partial charge on any atom is -0.467 e. The molecule has 53 heavy (non-hydrogen) atoms. The molecule has 2 fully saturated rings. The van der Waals surface area contributed by atoms with Crippen LogP contribution in [0.4, 0.5) is 17.3 Å². The number of likely N-dealkylation sites (tertiary alicyclic amines) is 1. The first kappa shape index (κ1) is 34.6. The molecule has 0 unspecified atom stereocenters. The van der Waals surface area contributed by atoms with E-state index < -0.39 is 0 Å². The van der Waals surface area contributed by atoms with Gasteiger partial charge in [-0.15, -0.1) is 16.4 Å². The van der Waals surface area contributed by atoms with E-state index >= 15 is 0 Å². The number of fused-ring (bicyclic) bond motifs is 1. The zero-order chi connectivity index (χ0) is 36.6. The molecule has 0 radical (unpaired) electrons. The molecule has 14 nitrogen and oxygen atoms in total. The number of methoxy groups -OCH3 is 1. The molecule has 0 saturated carbocycles. The third-order valence-corrected chi connectivity index (χ3v) is 11.9. The topological polar surface area (TPSA) is 144 Å². The summed E-state index contributed by atoms with van der Waals surface area (Å²) >= 11 is 1.72. The number of anilines is 3. The van der Waals surface area contributed by atoms with E-state index in [1.54, 1.807) is 35.7 Å². The number of aryl methyl sites for hydroxylation is 3. The smallest absolute Gasteiger partial charge is 0.318 e. The average molecular weight is 734 g/mol. The third kappa shape index (κ3) is 6.92. The standard InChI is InChI=1S/C38H43N11O3S/c1-23-6-7-28(46(4)33-8-13-39-38(42-33)51-5)18-30(23)32-21-49(45-43-32)20-29-19-31(44-52-29)26-9-16-48(17-10-26)37(50)27-11-14-47(15-12-27)35-34-24(2)25(3)53-36(34)41-22-40-35/h6-8,13,18-19,21-22,26-27H,9-12,14-17,20H2,1-5H3. The summed E-state index contributed by atoms with van der Waals surface area (Å²) in [5.41, 5.74) is 5.96. The van der Waals surface area contributed by atoms with Crippen molar-refractivity contribution in [2.45, 2.75) is 58.9 Å². The fourth-order valence-electron chi connectivity index (χ4n) is 7.49. The van der Waals surface area contributed by atoms with Crippen LogP contribution in [0.1, 0.15) is 59.1 Å². The summed E-state index contributed by atoms with van der Waals surface area (Å²) in [5, 5.41) is 14.5. The largest absolute Gasteiger partial charge is 0.467 e. The van der Waals surface area contributed by atoms with Gasteiger partial charge in [-0.1, -0.05) is 16.4 Å². The summed E-state index contributed by atoms with van der Waals surface area (Å²) in [4.78, 5) is 40.0. The van der Waals surface area contributed by atoms with Gasteiger partial charge in [-0.05, 0) is 75.8 Å². The number of rotatable bonds is 9. The monoisotopic (exact) mass is 733 g/mol. The Hall–Kier alpha value is -5.44. The molecule has 1 amide bonds. The second-order valence-corrected chi connectivity index (χ2v) is 15.2. The molecule has 0 aliphatic carbocycles. The maximum atomic E-state index is 13.6. The number of carbonyl (C=O) groups excluding carboxylic acids is 1. The highest BCUT2D eigenvalue weighted by Crippen LogP contribution is 2.37. The van der Waals surface area contributed by atoms with Crippen LogP contribution in [0.3, 0.4) is 0 Å². The summed E-state index contributed by atoms with van der Waals surface area (Å²) in [7, 11) is 3.50. The van der Waals surface area contributed by atoms with Gasteiger partial charge < -0.3 is 24.0 Å². The number of benzene rings is 1. The van der Waals surface area contributed by atoms with E-state index in [2.05, 4.69) is 78.1 Å². The van der Waals surface area contributed by atoms with Gasteiger partial charge in [-0.3, -0.25) is 4.79 Å². The van der Waals surface area contributed by atoms with Crippen molar-refractivity contribution in [3.05, 3.63) is 76.5 Å². The summed E-state index contributed by atoms with van der Waals surface area (Å²) in [6.07, 6.45) is 8.67. The van der Waals surface area contributed by atoms with Crippen molar-refractivity contribution in [1.82, 2.24) is 45.0 Å². The predicted molar refractivity (Wildman–Crippen MR) is 203 cm³/mol. The van der Waals surface area contributed by atoms with Gasteiger partial charge in [-0.25, -0.2) is 19.6 Å². The number of hydrogen-bond donors (Lipinski definition) is 0. The highest BCUT2D eigenvalue weighted by molar-refractivity contribution is 7.18. The number of piperidine rings is 2. The number of nitrogens with zero attached hydrogens (tertiary/aromatic N) is 11. The Morgan fingerprint density at radius 1 is 1.02 bits per heavy atom. The maximum absolute atomic E-state index is 13.6. The molecular formula is C38H43N11O3S.